The normalized spacial score (nSPS) is 10.4. The van der Waals surface area contributed by atoms with Gasteiger partial charge >= 0.3 is 0 Å². The predicted octanol–water partition coefficient (Wildman–Crippen LogP) is 1.91. The molecule has 2 aromatic carbocycles. The number of nitrogens with one attached hydrogen (secondary N) is 1. The summed E-state index contributed by atoms with van der Waals surface area (Å²) in [5, 5.41) is 14.5. The molecule has 0 aliphatic heterocycles. The number of carbonyl (C=O) groups is 1. The zero-order valence-corrected chi connectivity index (χ0v) is 12.6. The Morgan fingerprint density at radius 1 is 1.00 bits per heavy atom. The number of rotatable bonds is 6. The Morgan fingerprint density at radius 3 is 2.43 bits per heavy atom. The molecule has 1 amide bonds. The van der Waals surface area contributed by atoms with Gasteiger partial charge in [0.1, 0.15) is 0 Å². The lowest BCUT2D eigenvalue weighted by Crippen LogP contribution is -2.25. The molecule has 116 valence electrons. The first-order valence-corrected chi connectivity index (χ1v) is 7.46. The Hall–Kier alpha value is -3.02. The number of benzene rings is 2. The third kappa shape index (κ3) is 4.00. The summed E-state index contributed by atoms with van der Waals surface area (Å²) in [5.74, 6) is 0.584. The zero-order valence-electron chi connectivity index (χ0n) is 12.6. The lowest BCUT2D eigenvalue weighted by atomic mass is 10.1. The quantitative estimate of drug-likeness (QED) is 0.755. The molecule has 0 saturated carbocycles. The summed E-state index contributed by atoms with van der Waals surface area (Å²) < 4.78 is 1.62. The van der Waals surface area contributed by atoms with E-state index >= 15 is 0 Å². The highest BCUT2D eigenvalue weighted by Gasteiger charge is 2.09. The van der Waals surface area contributed by atoms with Gasteiger partial charge in [-0.3, -0.25) is 4.79 Å². The molecule has 6 nitrogen and oxygen atoms in total. The Kier molecular flexibility index (Phi) is 4.73. The van der Waals surface area contributed by atoms with Gasteiger partial charge in [0.15, 0.2) is 5.82 Å². The molecule has 0 spiro atoms. The van der Waals surface area contributed by atoms with Crippen molar-refractivity contribution >= 4 is 5.91 Å². The molecule has 0 aliphatic carbocycles. The molecule has 0 radical (unpaired) electrons. The van der Waals surface area contributed by atoms with E-state index < -0.39 is 0 Å². The second-order valence-electron chi connectivity index (χ2n) is 5.10. The average molecular weight is 307 g/mol. The fourth-order valence-corrected chi connectivity index (χ4v) is 2.25. The number of hydrogen-bond donors (Lipinski definition) is 1. The smallest absolute Gasteiger partial charge is 0.220 e. The molecule has 1 N–H and O–H groups in total. The van der Waals surface area contributed by atoms with Gasteiger partial charge in [0.2, 0.25) is 5.91 Å². The van der Waals surface area contributed by atoms with Gasteiger partial charge in [-0.1, -0.05) is 48.5 Å². The minimum atomic E-state index is -0.0172. The number of carbonyl (C=O) groups excluding carboxylic acids is 1. The van der Waals surface area contributed by atoms with E-state index in [1.54, 1.807) is 4.68 Å². The van der Waals surface area contributed by atoms with E-state index in [1.165, 1.54) is 0 Å². The number of tetrazole rings is 1. The van der Waals surface area contributed by atoms with E-state index in [9.17, 15) is 4.79 Å². The molecule has 3 aromatic rings. The van der Waals surface area contributed by atoms with Crippen molar-refractivity contribution in [3.63, 3.8) is 0 Å². The van der Waals surface area contributed by atoms with Crippen molar-refractivity contribution in [2.24, 2.45) is 0 Å². The highest BCUT2D eigenvalue weighted by Crippen LogP contribution is 2.07. The minimum absolute atomic E-state index is 0.0172. The molecule has 0 unspecified atom stereocenters. The highest BCUT2D eigenvalue weighted by molar-refractivity contribution is 5.76. The maximum Gasteiger partial charge on any atom is 0.220 e. The van der Waals surface area contributed by atoms with E-state index in [0.29, 0.717) is 18.8 Å². The second kappa shape index (κ2) is 7.31. The monoisotopic (exact) mass is 307 g/mol. The Labute approximate surface area is 134 Å². The lowest BCUT2D eigenvalue weighted by molar-refractivity contribution is -0.121. The van der Waals surface area contributed by atoms with Crippen LogP contribution < -0.4 is 5.32 Å². The van der Waals surface area contributed by atoms with Gasteiger partial charge < -0.3 is 5.32 Å². The largest absolute Gasteiger partial charge is 0.349 e. The van der Waals surface area contributed by atoms with E-state index in [4.69, 9.17) is 0 Å². The van der Waals surface area contributed by atoms with E-state index in [-0.39, 0.29) is 5.91 Å². The van der Waals surface area contributed by atoms with Crippen LogP contribution in [0.5, 0.6) is 0 Å². The van der Waals surface area contributed by atoms with Crippen LogP contribution in [0.25, 0.3) is 5.69 Å². The number of nitrogens with zero attached hydrogens (tertiary/aromatic N) is 4. The van der Waals surface area contributed by atoms with Crippen molar-refractivity contribution in [3.8, 4) is 5.69 Å². The fraction of sp³-hybridized carbons (Fsp3) is 0.176. The molecule has 23 heavy (non-hydrogen) atoms. The molecular weight excluding hydrogens is 290 g/mol. The van der Waals surface area contributed by atoms with Crippen molar-refractivity contribution in [1.82, 2.24) is 25.5 Å². The first-order chi connectivity index (χ1) is 11.3. The molecular formula is C17H17N5O. The van der Waals surface area contributed by atoms with Crippen molar-refractivity contribution in [2.45, 2.75) is 19.4 Å². The summed E-state index contributed by atoms with van der Waals surface area (Å²) in [5.41, 5.74) is 2.02. The van der Waals surface area contributed by atoms with Crippen LogP contribution >= 0.6 is 0 Å². The van der Waals surface area contributed by atoms with E-state index in [1.807, 2.05) is 60.7 Å². The lowest BCUT2D eigenvalue weighted by Gasteiger charge is -2.06. The first kappa shape index (κ1) is 14.9. The van der Waals surface area contributed by atoms with Crippen molar-refractivity contribution in [3.05, 3.63) is 72.1 Å². The summed E-state index contributed by atoms with van der Waals surface area (Å²) >= 11 is 0. The van der Waals surface area contributed by atoms with Gasteiger partial charge in [-0.2, -0.15) is 4.68 Å². The van der Waals surface area contributed by atoms with Gasteiger partial charge in [0.05, 0.1) is 12.2 Å². The van der Waals surface area contributed by atoms with Gasteiger partial charge in [-0.25, -0.2) is 0 Å². The second-order valence-corrected chi connectivity index (χ2v) is 5.10. The molecule has 0 aliphatic rings. The molecule has 6 heteroatoms. The number of amides is 1. The number of hydrogen-bond acceptors (Lipinski definition) is 4. The van der Waals surface area contributed by atoms with Crippen LogP contribution in [0, 0.1) is 0 Å². The van der Waals surface area contributed by atoms with Crippen LogP contribution in [0.2, 0.25) is 0 Å². The Bertz CT molecular complexity index is 755. The third-order valence-corrected chi connectivity index (χ3v) is 3.46. The third-order valence-electron chi connectivity index (χ3n) is 3.46. The number of aromatic nitrogens is 4. The SMILES string of the molecule is O=C(CCc1ccccc1)NCc1nnnn1-c1ccccc1. The van der Waals surface area contributed by atoms with Gasteiger partial charge in [-0.15, -0.1) is 5.10 Å². The minimum Gasteiger partial charge on any atom is -0.349 e. The molecule has 1 aromatic heterocycles. The fourth-order valence-electron chi connectivity index (χ4n) is 2.25. The standard InChI is InChI=1S/C17H17N5O/c23-17(12-11-14-7-3-1-4-8-14)18-13-16-19-20-21-22(16)15-9-5-2-6-10-15/h1-10H,11-13H2,(H,18,23). The summed E-state index contributed by atoms with van der Waals surface area (Å²) in [6.45, 7) is 0.301. The Balaban J connectivity index is 1.55. The highest BCUT2D eigenvalue weighted by atomic mass is 16.1. The molecule has 0 fully saturated rings. The number of para-hydroxylation sites is 1. The summed E-state index contributed by atoms with van der Waals surface area (Å²) in [6.07, 6.45) is 1.16. The van der Waals surface area contributed by atoms with Crippen LogP contribution in [0.4, 0.5) is 0 Å². The van der Waals surface area contributed by atoms with Crippen LogP contribution in [-0.4, -0.2) is 26.1 Å². The molecule has 3 rings (SSSR count). The van der Waals surface area contributed by atoms with Crippen LogP contribution in [0.15, 0.2) is 60.7 Å². The predicted molar refractivity (Wildman–Crippen MR) is 85.8 cm³/mol. The van der Waals surface area contributed by atoms with Crippen LogP contribution in [-0.2, 0) is 17.8 Å². The van der Waals surface area contributed by atoms with Crippen LogP contribution in [0.3, 0.4) is 0 Å². The summed E-state index contributed by atoms with van der Waals surface area (Å²) in [4.78, 5) is 12.0. The van der Waals surface area contributed by atoms with Gasteiger partial charge in [0.25, 0.3) is 0 Å². The summed E-state index contributed by atoms with van der Waals surface area (Å²) in [6, 6.07) is 19.5. The van der Waals surface area contributed by atoms with Crippen molar-refractivity contribution in [1.29, 1.82) is 0 Å². The van der Waals surface area contributed by atoms with Crippen molar-refractivity contribution in [2.75, 3.05) is 0 Å². The first-order valence-electron chi connectivity index (χ1n) is 7.46. The molecule has 0 atom stereocenters. The van der Waals surface area contributed by atoms with E-state index in [0.717, 1.165) is 17.7 Å². The number of aryl methyl sites for hydroxylation is 1. The molecule has 0 saturated heterocycles. The molecule has 0 bridgehead atoms. The average Bonchev–Trinajstić information content (AvgIpc) is 3.08. The zero-order chi connectivity index (χ0) is 15.9. The van der Waals surface area contributed by atoms with E-state index in [2.05, 4.69) is 20.8 Å². The summed E-state index contributed by atoms with van der Waals surface area (Å²) in [7, 11) is 0. The van der Waals surface area contributed by atoms with Crippen molar-refractivity contribution < 1.29 is 4.79 Å². The van der Waals surface area contributed by atoms with Crippen LogP contribution in [0.1, 0.15) is 17.8 Å². The maximum absolute atomic E-state index is 12.0. The van der Waals surface area contributed by atoms with Gasteiger partial charge in [0, 0.05) is 6.42 Å². The Morgan fingerprint density at radius 2 is 1.70 bits per heavy atom. The van der Waals surface area contributed by atoms with Gasteiger partial charge in [-0.05, 0) is 34.5 Å². The maximum atomic E-state index is 12.0. The topological polar surface area (TPSA) is 72.7 Å². The molecule has 1 heterocycles.